The molecule has 1 saturated heterocycles. The van der Waals surface area contributed by atoms with Crippen molar-refractivity contribution in [3.8, 4) is 0 Å². The number of aromatic nitrogens is 2. The minimum Gasteiger partial charge on any atom is -0.383 e. The van der Waals surface area contributed by atoms with Crippen molar-refractivity contribution >= 4 is 46.2 Å². The molecular weight excluding hydrogens is 474 g/mol. The fourth-order valence-corrected chi connectivity index (χ4v) is 4.66. The Balaban J connectivity index is 1.73. The van der Waals surface area contributed by atoms with Crippen LogP contribution in [0.15, 0.2) is 60.9 Å². The van der Waals surface area contributed by atoms with Crippen LogP contribution in [0.5, 0.6) is 0 Å². The molecule has 10 heteroatoms. The Kier molecular flexibility index (Phi) is 7.79. The van der Waals surface area contributed by atoms with Gasteiger partial charge in [0, 0.05) is 44.5 Å². The molecular formula is C24H26ClN5O3S. The second-order valence-electron chi connectivity index (χ2n) is 7.76. The van der Waals surface area contributed by atoms with Gasteiger partial charge in [-0.1, -0.05) is 17.7 Å². The molecule has 0 unspecified atom stereocenters. The lowest BCUT2D eigenvalue weighted by Gasteiger charge is -2.29. The number of nitrogens with zero attached hydrogens (tertiary/aromatic N) is 3. The van der Waals surface area contributed by atoms with Crippen LogP contribution in [0.2, 0.25) is 5.02 Å². The number of nitrogens with one attached hydrogen (secondary N) is 2. The van der Waals surface area contributed by atoms with E-state index in [2.05, 4.69) is 26.3 Å². The molecule has 8 nitrogen and oxygen atoms in total. The van der Waals surface area contributed by atoms with Crippen LogP contribution in [0.1, 0.15) is 23.5 Å². The maximum atomic E-state index is 11.9. The Labute approximate surface area is 208 Å². The van der Waals surface area contributed by atoms with E-state index >= 15 is 0 Å². The quantitative estimate of drug-likeness (QED) is 0.431. The maximum absolute atomic E-state index is 11.9. The average molecular weight is 500 g/mol. The van der Waals surface area contributed by atoms with Gasteiger partial charge < -0.3 is 29.6 Å². The van der Waals surface area contributed by atoms with E-state index in [1.165, 1.54) is 7.11 Å². The zero-order chi connectivity index (χ0) is 24.1. The van der Waals surface area contributed by atoms with E-state index in [1.54, 1.807) is 25.4 Å². The molecule has 0 aliphatic carbocycles. The van der Waals surface area contributed by atoms with Crippen LogP contribution in [0.25, 0.3) is 0 Å². The molecule has 4 rings (SSSR count). The van der Waals surface area contributed by atoms with E-state index in [0.717, 1.165) is 17.1 Å². The molecule has 0 saturated carbocycles. The van der Waals surface area contributed by atoms with Gasteiger partial charge in [0.2, 0.25) is 5.91 Å². The van der Waals surface area contributed by atoms with Gasteiger partial charge in [-0.2, -0.15) is 0 Å². The minimum atomic E-state index is -0.278. The molecule has 2 aromatic heterocycles. The summed E-state index contributed by atoms with van der Waals surface area (Å²) in [5.74, 6) is -0.278. The molecule has 0 bridgehead atoms. The molecule has 3 aromatic rings. The summed E-state index contributed by atoms with van der Waals surface area (Å²) in [4.78, 5) is 18.6. The number of rotatable bonds is 9. The highest BCUT2D eigenvalue weighted by atomic mass is 35.5. The number of ether oxygens (including phenoxy) is 2. The summed E-state index contributed by atoms with van der Waals surface area (Å²) < 4.78 is 12.3. The van der Waals surface area contributed by atoms with Gasteiger partial charge >= 0.3 is 0 Å². The van der Waals surface area contributed by atoms with Crippen LogP contribution >= 0.6 is 23.8 Å². The highest BCUT2D eigenvalue weighted by molar-refractivity contribution is 7.80. The Bertz CT molecular complexity index is 1160. The molecule has 34 heavy (non-hydrogen) atoms. The van der Waals surface area contributed by atoms with E-state index in [4.69, 9.17) is 33.3 Å². The van der Waals surface area contributed by atoms with Crippen LogP contribution in [-0.4, -0.2) is 48.0 Å². The van der Waals surface area contributed by atoms with Crippen molar-refractivity contribution in [3.63, 3.8) is 0 Å². The number of carbonyl (C=O) groups excluding carboxylic acids is 1. The molecule has 0 spiro atoms. The number of methoxy groups -OCH3 is 2. The van der Waals surface area contributed by atoms with Gasteiger partial charge in [-0.15, -0.1) is 0 Å². The van der Waals surface area contributed by atoms with Crippen LogP contribution in [-0.2, 0) is 20.8 Å². The molecule has 1 aliphatic rings. The van der Waals surface area contributed by atoms with Crippen LogP contribution in [0, 0.1) is 0 Å². The van der Waals surface area contributed by atoms with E-state index in [0.29, 0.717) is 29.0 Å². The van der Waals surface area contributed by atoms with Crippen molar-refractivity contribution in [1.29, 1.82) is 0 Å². The normalized spacial score (nSPS) is 17.6. The van der Waals surface area contributed by atoms with E-state index in [1.807, 2.05) is 41.4 Å². The third-order valence-electron chi connectivity index (χ3n) is 5.58. The second kappa shape index (κ2) is 11.0. The zero-order valence-corrected chi connectivity index (χ0v) is 20.5. The number of pyridine rings is 1. The third-order valence-corrected chi connectivity index (χ3v) is 6.21. The number of hydrogen-bond donors (Lipinski definition) is 2. The first-order valence-corrected chi connectivity index (χ1v) is 11.5. The van der Waals surface area contributed by atoms with Crippen molar-refractivity contribution in [2.75, 3.05) is 37.7 Å². The van der Waals surface area contributed by atoms with Gasteiger partial charge in [-0.05, 0) is 54.7 Å². The first-order chi connectivity index (χ1) is 16.5. The summed E-state index contributed by atoms with van der Waals surface area (Å²) in [5, 5.41) is 7.16. The van der Waals surface area contributed by atoms with E-state index in [-0.39, 0.29) is 24.6 Å². The largest absolute Gasteiger partial charge is 0.383 e. The molecule has 2 atom stereocenters. The molecule has 2 N–H and O–H groups in total. The van der Waals surface area contributed by atoms with Crippen molar-refractivity contribution < 1.29 is 14.3 Å². The van der Waals surface area contributed by atoms with Crippen molar-refractivity contribution in [2.24, 2.45) is 0 Å². The van der Waals surface area contributed by atoms with Gasteiger partial charge in [-0.3, -0.25) is 9.78 Å². The van der Waals surface area contributed by atoms with Crippen LogP contribution < -0.4 is 15.5 Å². The van der Waals surface area contributed by atoms with E-state index in [9.17, 15) is 4.79 Å². The summed E-state index contributed by atoms with van der Waals surface area (Å²) in [6.45, 7) is 1.24. The molecule has 0 radical (unpaired) electrons. The maximum Gasteiger partial charge on any atom is 0.250 e. The Morgan fingerprint density at radius 3 is 2.76 bits per heavy atom. The molecule has 1 aromatic carbocycles. The molecule has 1 amide bonds. The van der Waals surface area contributed by atoms with Crippen molar-refractivity contribution in [2.45, 2.75) is 18.6 Å². The Morgan fingerprint density at radius 1 is 1.21 bits per heavy atom. The minimum absolute atomic E-state index is 0.0511. The highest BCUT2D eigenvalue weighted by Crippen LogP contribution is 2.42. The fraction of sp³-hybridized carbons (Fsp3) is 0.292. The Hall–Kier alpha value is -2.98. The zero-order valence-electron chi connectivity index (χ0n) is 18.9. The summed E-state index contributed by atoms with van der Waals surface area (Å²) in [6.07, 6.45) is 3.81. The first-order valence-electron chi connectivity index (χ1n) is 10.8. The summed E-state index contributed by atoms with van der Waals surface area (Å²) >= 11 is 12.3. The lowest BCUT2D eigenvalue weighted by molar-refractivity contribution is -0.119. The van der Waals surface area contributed by atoms with Gasteiger partial charge in [0.1, 0.15) is 12.6 Å². The van der Waals surface area contributed by atoms with Crippen molar-refractivity contribution in [1.82, 2.24) is 14.9 Å². The van der Waals surface area contributed by atoms with Gasteiger partial charge in [0.15, 0.2) is 5.11 Å². The molecule has 1 fully saturated rings. The number of hydrogen-bond acceptors (Lipinski definition) is 5. The molecule has 178 valence electrons. The fourth-order valence-electron chi connectivity index (χ4n) is 4.10. The number of anilines is 2. The number of amides is 1. The van der Waals surface area contributed by atoms with Gasteiger partial charge in [-0.25, -0.2) is 0 Å². The molecule has 3 heterocycles. The lowest BCUT2D eigenvalue weighted by Crippen LogP contribution is -2.30. The number of carbonyl (C=O) groups is 1. The van der Waals surface area contributed by atoms with Crippen LogP contribution in [0.3, 0.4) is 0 Å². The topological polar surface area (TPSA) is 80.7 Å². The third kappa shape index (κ3) is 5.07. The summed E-state index contributed by atoms with van der Waals surface area (Å²) in [5.41, 5.74) is 3.25. The SMILES string of the molecule is COCCn1cccc1[C@@H]1[C@@H](c2ccccn2)NC(=S)N1c1ccc(NC(=O)COC)c(Cl)c1. The number of halogens is 1. The summed E-state index contributed by atoms with van der Waals surface area (Å²) in [7, 11) is 3.15. The molecule has 1 aliphatic heterocycles. The van der Waals surface area contributed by atoms with E-state index < -0.39 is 0 Å². The monoisotopic (exact) mass is 499 g/mol. The van der Waals surface area contributed by atoms with Gasteiger partial charge in [0.25, 0.3) is 0 Å². The predicted molar refractivity (Wildman–Crippen MR) is 136 cm³/mol. The average Bonchev–Trinajstić information content (AvgIpc) is 3.43. The highest BCUT2D eigenvalue weighted by Gasteiger charge is 2.42. The second-order valence-corrected chi connectivity index (χ2v) is 8.56. The standard InChI is InChI=1S/C24H26ClN5O3S/c1-32-13-12-29-11-5-7-20(29)23-22(19-6-3-4-10-26-19)28-24(34)30(23)16-8-9-18(17(25)14-16)27-21(31)15-33-2/h3-11,14,22-23H,12-13,15H2,1-2H3,(H,27,31)(H,28,34)/t22-,23-/m1/s1. The van der Waals surface area contributed by atoms with Gasteiger partial charge in [0.05, 0.1) is 29.1 Å². The number of thiocarbonyl (C=S) groups is 1. The lowest BCUT2D eigenvalue weighted by atomic mass is 10.0. The van der Waals surface area contributed by atoms with Crippen molar-refractivity contribution in [3.05, 3.63) is 77.3 Å². The Morgan fingerprint density at radius 2 is 2.06 bits per heavy atom. The summed E-state index contributed by atoms with van der Waals surface area (Å²) in [6, 6.07) is 15.0. The number of benzene rings is 1. The smallest absolute Gasteiger partial charge is 0.250 e. The first kappa shape index (κ1) is 24.2. The van der Waals surface area contributed by atoms with Crippen LogP contribution in [0.4, 0.5) is 11.4 Å². The predicted octanol–water partition coefficient (Wildman–Crippen LogP) is 3.94.